The number of hydrogen-bond donors (Lipinski definition) is 1. The van der Waals surface area contributed by atoms with Crippen molar-refractivity contribution in [2.24, 2.45) is 0 Å². The second-order valence-electron chi connectivity index (χ2n) is 3.38. The fraction of sp³-hybridized carbons (Fsp3) is 0.0833. The fourth-order valence-corrected chi connectivity index (χ4v) is 1.64. The van der Waals surface area contributed by atoms with Crippen LogP contribution >= 0.6 is 0 Å². The van der Waals surface area contributed by atoms with Crippen LogP contribution < -0.4 is 0 Å². The maximum absolute atomic E-state index is 13.4. The second-order valence-corrected chi connectivity index (χ2v) is 3.38. The van der Waals surface area contributed by atoms with Gasteiger partial charge in [-0.3, -0.25) is 0 Å². The van der Waals surface area contributed by atoms with Gasteiger partial charge in [-0.15, -0.1) is 0 Å². The normalized spacial score (nSPS) is 12.6. The summed E-state index contributed by atoms with van der Waals surface area (Å²) in [5.74, 6) is -2.06. The van der Waals surface area contributed by atoms with E-state index >= 15 is 0 Å². The van der Waals surface area contributed by atoms with Crippen molar-refractivity contribution in [3.63, 3.8) is 0 Å². The zero-order chi connectivity index (χ0) is 11.7. The van der Waals surface area contributed by atoms with Gasteiger partial charge in [0.25, 0.3) is 0 Å². The topological polar surface area (TPSA) is 37.3 Å². The van der Waals surface area contributed by atoms with Crippen LogP contribution in [0.1, 0.15) is 11.7 Å². The van der Waals surface area contributed by atoms with Crippen molar-refractivity contribution in [1.82, 2.24) is 0 Å². The molecule has 0 aromatic heterocycles. The van der Waals surface area contributed by atoms with Crippen LogP contribution in [0, 0.1) is 5.82 Å². The summed E-state index contributed by atoms with van der Waals surface area (Å²) in [6.07, 6.45) is -2.13. The Morgan fingerprint density at radius 3 is 2.38 bits per heavy atom. The molecule has 82 valence electrons. The highest BCUT2D eigenvalue weighted by Crippen LogP contribution is 2.28. The number of aliphatic carboxylic acids is 1. The summed E-state index contributed by atoms with van der Waals surface area (Å²) in [5.41, 5.74) is -0.0236. The largest absolute Gasteiger partial charge is 0.479 e. The minimum absolute atomic E-state index is 0.0236. The molecule has 0 heterocycles. The Balaban J connectivity index is 2.72. The summed E-state index contributed by atoms with van der Waals surface area (Å²) < 4.78 is 26.8. The summed E-state index contributed by atoms with van der Waals surface area (Å²) in [6.45, 7) is 0. The van der Waals surface area contributed by atoms with Gasteiger partial charge < -0.3 is 5.11 Å². The molecular weight excluding hydrogens is 214 g/mol. The van der Waals surface area contributed by atoms with Gasteiger partial charge in [0, 0.05) is 10.9 Å². The lowest BCUT2D eigenvalue weighted by molar-refractivity contribution is -0.142. The third-order valence-electron chi connectivity index (χ3n) is 2.39. The minimum atomic E-state index is -2.13. The molecule has 0 aliphatic carbocycles. The Labute approximate surface area is 90.1 Å². The van der Waals surface area contributed by atoms with Gasteiger partial charge in [-0.2, -0.15) is 0 Å². The number of alkyl halides is 1. The third kappa shape index (κ3) is 1.62. The van der Waals surface area contributed by atoms with E-state index in [9.17, 15) is 13.6 Å². The molecule has 2 rings (SSSR count). The maximum atomic E-state index is 13.4. The highest BCUT2D eigenvalue weighted by atomic mass is 19.1. The number of fused-ring (bicyclic) bond motifs is 1. The van der Waals surface area contributed by atoms with Gasteiger partial charge in [-0.1, -0.05) is 30.3 Å². The molecule has 0 amide bonds. The third-order valence-corrected chi connectivity index (χ3v) is 2.39. The van der Waals surface area contributed by atoms with Crippen molar-refractivity contribution in [1.29, 1.82) is 0 Å². The van der Waals surface area contributed by atoms with Crippen LogP contribution in [0.2, 0.25) is 0 Å². The Morgan fingerprint density at radius 1 is 1.12 bits per heavy atom. The van der Waals surface area contributed by atoms with Crippen LogP contribution in [0.3, 0.4) is 0 Å². The van der Waals surface area contributed by atoms with Crippen LogP contribution in [0.5, 0.6) is 0 Å². The molecule has 2 aromatic carbocycles. The highest BCUT2D eigenvalue weighted by Gasteiger charge is 2.21. The Bertz CT molecular complexity index is 552. The zero-order valence-electron chi connectivity index (χ0n) is 8.15. The van der Waals surface area contributed by atoms with Crippen molar-refractivity contribution in [3.05, 3.63) is 47.8 Å². The number of hydrogen-bond acceptors (Lipinski definition) is 1. The zero-order valence-corrected chi connectivity index (χ0v) is 8.15. The van der Waals surface area contributed by atoms with E-state index in [-0.39, 0.29) is 16.3 Å². The predicted octanol–water partition coefficient (Wildman–Crippen LogP) is 3.07. The summed E-state index contributed by atoms with van der Waals surface area (Å²) >= 11 is 0. The lowest BCUT2D eigenvalue weighted by atomic mass is 10.0. The highest BCUT2D eigenvalue weighted by molar-refractivity contribution is 5.90. The second kappa shape index (κ2) is 3.89. The average Bonchev–Trinajstić information content (AvgIpc) is 2.29. The van der Waals surface area contributed by atoms with E-state index in [1.807, 2.05) is 0 Å². The van der Waals surface area contributed by atoms with E-state index in [0.717, 1.165) is 12.1 Å². The standard InChI is InChI=1S/C12H8F2O2/c13-10-6-5-9(11(14)12(15)16)7-3-1-2-4-8(7)10/h1-6,11H,(H,15,16). The van der Waals surface area contributed by atoms with Crippen LogP contribution in [0.15, 0.2) is 36.4 Å². The number of rotatable bonds is 2. The molecule has 16 heavy (non-hydrogen) atoms. The lowest BCUT2D eigenvalue weighted by Crippen LogP contribution is -2.06. The van der Waals surface area contributed by atoms with Crippen molar-refractivity contribution in [3.8, 4) is 0 Å². The Kier molecular flexibility index (Phi) is 2.56. The first-order valence-electron chi connectivity index (χ1n) is 4.65. The smallest absolute Gasteiger partial charge is 0.343 e. The maximum Gasteiger partial charge on any atom is 0.343 e. The van der Waals surface area contributed by atoms with Crippen molar-refractivity contribution >= 4 is 16.7 Å². The van der Waals surface area contributed by atoms with Gasteiger partial charge in [0.05, 0.1) is 0 Å². The fourth-order valence-electron chi connectivity index (χ4n) is 1.64. The average molecular weight is 222 g/mol. The summed E-state index contributed by atoms with van der Waals surface area (Å²) in [5, 5.41) is 9.11. The molecule has 4 heteroatoms. The molecular formula is C12H8F2O2. The number of carboxylic acid groups (broad SMARTS) is 1. The van der Waals surface area contributed by atoms with Gasteiger partial charge in [0.15, 0.2) is 0 Å². The van der Waals surface area contributed by atoms with Crippen molar-refractivity contribution < 1.29 is 18.7 Å². The first-order chi connectivity index (χ1) is 7.61. The molecule has 0 aliphatic heterocycles. The van der Waals surface area contributed by atoms with Crippen molar-refractivity contribution in [2.75, 3.05) is 0 Å². The monoisotopic (exact) mass is 222 g/mol. The van der Waals surface area contributed by atoms with E-state index in [1.54, 1.807) is 12.1 Å². The molecule has 1 unspecified atom stereocenters. The molecule has 0 fully saturated rings. The van der Waals surface area contributed by atoms with Gasteiger partial charge in [-0.05, 0) is 11.5 Å². The van der Waals surface area contributed by atoms with Crippen LogP contribution in [0.4, 0.5) is 8.78 Å². The molecule has 2 nitrogen and oxygen atoms in total. The minimum Gasteiger partial charge on any atom is -0.479 e. The number of halogens is 2. The molecule has 2 aromatic rings. The molecule has 0 spiro atoms. The van der Waals surface area contributed by atoms with Gasteiger partial charge in [-0.25, -0.2) is 13.6 Å². The molecule has 1 N–H and O–H groups in total. The van der Waals surface area contributed by atoms with Crippen LogP contribution in [-0.2, 0) is 4.79 Å². The predicted molar refractivity (Wildman–Crippen MR) is 55.4 cm³/mol. The number of carbonyl (C=O) groups is 1. The van der Waals surface area contributed by atoms with Gasteiger partial charge >= 0.3 is 5.97 Å². The number of benzene rings is 2. The van der Waals surface area contributed by atoms with Crippen LogP contribution in [0.25, 0.3) is 10.8 Å². The molecule has 0 radical (unpaired) electrons. The molecule has 0 bridgehead atoms. The SMILES string of the molecule is O=C(O)C(F)c1ccc(F)c2ccccc12. The van der Waals surface area contributed by atoms with Gasteiger partial charge in [0.1, 0.15) is 5.82 Å². The Morgan fingerprint density at radius 2 is 1.75 bits per heavy atom. The molecule has 0 saturated heterocycles. The van der Waals surface area contributed by atoms with E-state index in [1.165, 1.54) is 12.1 Å². The lowest BCUT2D eigenvalue weighted by Gasteiger charge is -2.08. The first-order valence-corrected chi connectivity index (χ1v) is 4.65. The first kappa shape index (κ1) is 10.5. The van der Waals surface area contributed by atoms with E-state index in [4.69, 9.17) is 5.11 Å². The molecule has 0 saturated carbocycles. The Hall–Kier alpha value is -1.97. The van der Waals surface area contributed by atoms with Crippen molar-refractivity contribution in [2.45, 2.75) is 6.17 Å². The molecule has 1 atom stereocenters. The summed E-state index contributed by atoms with van der Waals surface area (Å²) in [7, 11) is 0. The van der Waals surface area contributed by atoms with E-state index in [0.29, 0.717) is 0 Å². The molecule has 0 aliphatic rings. The van der Waals surface area contributed by atoms with E-state index < -0.39 is 18.0 Å². The van der Waals surface area contributed by atoms with E-state index in [2.05, 4.69) is 0 Å². The van der Waals surface area contributed by atoms with Crippen LogP contribution in [-0.4, -0.2) is 11.1 Å². The quantitative estimate of drug-likeness (QED) is 0.847. The van der Waals surface area contributed by atoms with Gasteiger partial charge in [0.2, 0.25) is 6.17 Å². The summed E-state index contributed by atoms with van der Waals surface area (Å²) in [4.78, 5) is 10.6. The number of carboxylic acids is 1. The summed E-state index contributed by atoms with van der Waals surface area (Å²) in [6, 6.07) is 8.46.